The van der Waals surface area contributed by atoms with Crippen molar-refractivity contribution >= 4 is 57.4 Å². The first-order valence-electron chi connectivity index (χ1n) is 7.40. The molecule has 0 spiro atoms. The van der Waals surface area contributed by atoms with E-state index in [2.05, 4.69) is 38.2 Å². The van der Waals surface area contributed by atoms with Crippen LogP contribution in [0, 0.1) is 6.92 Å². The van der Waals surface area contributed by atoms with Crippen LogP contribution >= 0.6 is 35.6 Å². The molecule has 3 rings (SSSR count). The molecule has 8 nitrogen and oxygen atoms in total. The van der Waals surface area contributed by atoms with Crippen LogP contribution in [0.15, 0.2) is 39.5 Å². The highest BCUT2D eigenvalue weighted by atomic mass is 35.5. The van der Waals surface area contributed by atoms with Crippen LogP contribution in [0.25, 0.3) is 5.69 Å². The van der Waals surface area contributed by atoms with Crippen molar-refractivity contribution < 1.29 is 4.79 Å². The molecule has 0 saturated heterocycles. The lowest BCUT2D eigenvalue weighted by atomic mass is 10.3. The van der Waals surface area contributed by atoms with E-state index in [0.29, 0.717) is 32.4 Å². The Bertz CT molecular complexity index is 999. The van der Waals surface area contributed by atoms with E-state index in [1.165, 1.54) is 23.2 Å². The van der Waals surface area contributed by atoms with Gasteiger partial charge in [0.15, 0.2) is 0 Å². The lowest BCUT2D eigenvalue weighted by molar-refractivity contribution is -0.116. The maximum Gasteiger partial charge on any atom is 0.253 e. The normalized spacial score (nSPS) is 10.9. The average Bonchev–Trinajstić information content (AvgIpc) is 3.21. The van der Waals surface area contributed by atoms with Crippen LogP contribution in [0.3, 0.4) is 0 Å². The van der Waals surface area contributed by atoms with E-state index < -0.39 is 0 Å². The number of aromatic nitrogens is 4. The standard InChI is InChI=1S/C15H14ClN7OS2.CH4/c1-8-12(7-23(21-8)13-6-10(25)4-5-11(13)16)17-18-14-19-20-15(26-14)22(3)9(2)24;/h4-7,25H,1-3H3;1H4. The Labute approximate surface area is 171 Å². The summed E-state index contributed by atoms with van der Waals surface area (Å²) in [6.45, 7) is 3.27. The first kappa shape index (κ1) is 21.0. The predicted octanol–water partition coefficient (Wildman–Crippen LogP) is 5.01. The molecule has 3 aromatic rings. The number of anilines is 1. The highest BCUT2D eigenvalue weighted by Crippen LogP contribution is 2.29. The number of azo groups is 1. The quantitative estimate of drug-likeness (QED) is 0.472. The molecule has 11 heteroatoms. The maximum absolute atomic E-state index is 11.3. The number of nitrogens with zero attached hydrogens (tertiary/aromatic N) is 7. The molecule has 1 amide bonds. The number of carbonyl (C=O) groups excluding carboxylic acids is 1. The average molecular weight is 424 g/mol. The van der Waals surface area contributed by atoms with E-state index in [4.69, 9.17) is 11.6 Å². The molecule has 2 heterocycles. The summed E-state index contributed by atoms with van der Waals surface area (Å²) in [4.78, 5) is 13.5. The minimum Gasteiger partial charge on any atom is -0.290 e. The van der Waals surface area contributed by atoms with E-state index in [0.717, 1.165) is 4.90 Å². The van der Waals surface area contributed by atoms with Crippen molar-refractivity contribution in [3.63, 3.8) is 0 Å². The largest absolute Gasteiger partial charge is 0.290 e. The molecule has 1 aromatic carbocycles. The van der Waals surface area contributed by atoms with Crippen LogP contribution in [-0.4, -0.2) is 32.9 Å². The molecular weight excluding hydrogens is 406 g/mol. The number of benzene rings is 1. The summed E-state index contributed by atoms with van der Waals surface area (Å²) >= 11 is 11.7. The highest BCUT2D eigenvalue weighted by molar-refractivity contribution is 7.80. The number of aryl methyl sites for hydroxylation is 1. The van der Waals surface area contributed by atoms with Gasteiger partial charge in [-0.1, -0.05) is 30.4 Å². The van der Waals surface area contributed by atoms with Gasteiger partial charge in [0.25, 0.3) is 5.13 Å². The second-order valence-electron chi connectivity index (χ2n) is 5.33. The molecule has 2 aromatic heterocycles. The van der Waals surface area contributed by atoms with Gasteiger partial charge in [-0.15, -0.1) is 33.1 Å². The molecule has 27 heavy (non-hydrogen) atoms. The van der Waals surface area contributed by atoms with Crippen molar-refractivity contribution in [2.45, 2.75) is 26.2 Å². The Hall–Kier alpha value is -2.30. The zero-order valence-electron chi connectivity index (χ0n) is 14.1. The summed E-state index contributed by atoms with van der Waals surface area (Å²) in [7, 11) is 1.62. The van der Waals surface area contributed by atoms with Crippen LogP contribution in [0.4, 0.5) is 16.0 Å². The number of amides is 1. The number of rotatable bonds is 4. The van der Waals surface area contributed by atoms with E-state index in [9.17, 15) is 4.79 Å². The molecule has 142 valence electrons. The van der Waals surface area contributed by atoms with Gasteiger partial charge in [0.2, 0.25) is 11.0 Å². The van der Waals surface area contributed by atoms with Gasteiger partial charge in [-0.3, -0.25) is 9.69 Å². The fraction of sp³-hybridized carbons (Fsp3) is 0.250. The van der Waals surface area contributed by atoms with Gasteiger partial charge in [0.05, 0.1) is 22.6 Å². The van der Waals surface area contributed by atoms with E-state index >= 15 is 0 Å². The predicted molar refractivity (Wildman–Crippen MR) is 110 cm³/mol. The third-order valence-corrected chi connectivity index (χ3v) is 4.94. The van der Waals surface area contributed by atoms with Gasteiger partial charge in [0.1, 0.15) is 5.69 Å². The van der Waals surface area contributed by atoms with Crippen molar-refractivity contribution in [2.75, 3.05) is 11.9 Å². The van der Waals surface area contributed by atoms with Gasteiger partial charge in [0, 0.05) is 18.9 Å². The molecule has 0 radical (unpaired) electrons. The fourth-order valence-corrected chi connectivity index (χ4v) is 3.04. The molecule has 0 bridgehead atoms. The molecule has 0 atom stereocenters. The Morgan fingerprint density at radius 2 is 2.07 bits per heavy atom. The summed E-state index contributed by atoms with van der Waals surface area (Å²) in [6.07, 6.45) is 1.72. The number of carbonyl (C=O) groups is 1. The van der Waals surface area contributed by atoms with Gasteiger partial charge in [-0.25, -0.2) is 4.68 Å². The molecule has 0 aliphatic rings. The topological polar surface area (TPSA) is 88.6 Å². The maximum atomic E-state index is 11.3. The van der Waals surface area contributed by atoms with Gasteiger partial charge in [-0.2, -0.15) is 5.10 Å². The highest BCUT2D eigenvalue weighted by Gasteiger charge is 2.13. The zero-order valence-corrected chi connectivity index (χ0v) is 16.5. The molecule has 0 aliphatic carbocycles. The van der Waals surface area contributed by atoms with Crippen molar-refractivity contribution in [1.82, 2.24) is 20.0 Å². The first-order valence-corrected chi connectivity index (χ1v) is 9.04. The monoisotopic (exact) mass is 423 g/mol. The van der Waals surface area contributed by atoms with Crippen molar-refractivity contribution in [3.8, 4) is 5.69 Å². The van der Waals surface area contributed by atoms with Crippen molar-refractivity contribution in [3.05, 3.63) is 35.1 Å². The Morgan fingerprint density at radius 1 is 1.33 bits per heavy atom. The second kappa shape index (κ2) is 8.59. The fourth-order valence-electron chi connectivity index (χ4n) is 1.96. The van der Waals surface area contributed by atoms with E-state index in [-0.39, 0.29) is 13.3 Å². The van der Waals surface area contributed by atoms with Crippen LogP contribution < -0.4 is 4.90 Å². The molecule has 0 unspecified atom stereocenters. The molecule has 0 fully saturated rings. The SMILES string of the molecule is C.CC(=O)N(C)c1nnc(N=Nc2cn(-c3cc(S)ccc3Cl)nc2C)s1. The Morgan fingerprint density at radius 3 is 2.78 bits per heavy atom. The van der Waals surface area contributed by atoms with Crippen molar-refractivity contribution in [1.29, 1.82) is 0 Å². The van der Waals surface area contributed by atoms with Crippen LogP contribution in [0.5, 0.6) is 0 Å². The number of halogens is 1. The van der Waals surface area contributed by atoms with E-state index in [1.807, 2.05) is 13.0 Å². The minimum absolute atomic E-state index is 0. The number of thiol groups is 1. The lowest BCUT2D eigenvalue weighted by Crippen LogP contribution is -2.22. The number of hydrogen-bond donors (Lipinski definition) is 1. The summed E-state index contributed by atoms with van der Waals surface area (Å²) < 4.78 is 1.63. The van der Waals surface area contributed by atoms with Gasteiger partial charge >= 0.3 is 0 Å². The molecule has 0 saturated carbocycles. The smallest absolute Gasteiger partial charge is 0.253 e. The van der Waals surface area contributed by atoms with Crippen LogP contribution in [0.1, 0.15) is 20.0 Å². The molecule has 0 N–H and O–H groups in total. The zero-order chi connectivity index (χ0) is 18.8. The summed E-state index contributed by atoms with van der Waals surface area (Å²) in [6, 6.07) is 5.37. The lowest BCUT2D eigenvalue weighted by Gasteiger charge is -2.07. The third kappa shape index (κ3) is 4.71. The first-order chi connectivity index (χ1) is 12.3. The minimum atomic E-state index is -0.134. The molecule has 0 aliphatic heterocycles. The third-order valence-electron chi connectivity index (χ3n) is 3.46. The Kier molecular flexibility index (Phi) is 6.68. The summed E-state index contributed by atoms with van der Waals surface area (Å²) in [5.74, 6) is -0.134. The van der Waals surface area contributed by atoms with Crippen LogP contribution in [-0.2, 0) is 4.79 Å². The number of hydrogen-bond acceptors (Lipinski definition) is 8. The van der Waals surface area contributed by atoms with Crippen LogP contribution in [0.2, 0.25) is 5.02 Å². The summed E-state index contributed by atoms with van der Waals surface area (Å²) in [5.41, 5.74) is 1.95. The van der Waals surface area contributed by atoms with Crippen molar-refractivity contribution in [2.24, 2.45) is 10.2 Å². The molecular formula is C16H18ClN7OS2. The van der Waals surface area contributed by atoms with Gasteiger partial charge in [-0.05, 0) is 25.1 Å². The Balaban J connectivity index is 0.00000261. The second-order valence-corrected chi connectivity index (χ2v) is 7.18. The summed E-state index contributed by atoms with van der Waals surface area (Å²) in [5, 5.41) is 21.8. The van der Waals surface area contributed by atoms with Gasteiger partial charge < -0.3 is 0 Å². The van der Waals surface area contributed by atoms with E-state index in [1.54, 1.807) is 30.1 Å².